The molecule has 0 aromatic carbocycles. The molecular formula is C11H21NO. The van der Waals surface area contributed by atoms with Gasteiger partial charge in [0.1, 0.15) is 0 Å². The first-order valence-electron chi connectivity index (χ1n) is 5.69. The van der Waals surface area contributed by atoms with Gasteiger partial charge in [-0.15, -0.1) is 0 Å². The molecule has 0 bridgehead atoms. The molecular weight excluding hydrogens is 162 g/mol. The summed E-state index contributed by atoms with van der Waals surface area (Å²) >= 11 is 0. The van der Waals surface area contributed by atoms with Crippen LogP contribution in [0.15, 0.2) is 0 Å². The van der Waals surface area contributed by atoms with Gasteiger partial charge in [0.05, 0.1) is 6.10 Å². The van der Waals surface area contributed by atoms with E-state index < -0.39 is 0 Å². The average Bonchev–Trinajstić information content (AvgIpc) is 2.53. The molecule has 0 amide bonds. The van der Waals surface area contributed by atoms with Gasteiger partial charge < -0.3 is 5.11 Å². The number of β-amino-alcohol motifs (C(OH)–C–C–N with tert-alkyl or cyclic N) is 1. The second kappa shape index (κ2) is 3.97. The summed E-state index contributed by atoms with van der Waals surface area (Å²) in [5.74, 6) is 0.846. The summed E-state index contributed by atoms with van der Waals surface area (Å²) in [4.78, 5) is 2.51. The normalized spacial score (nSPS) is 42.5. The average molecular weight is 183 g/mol. The highest BCUT2D eigenvalue weighted by Gasteiger charge is 2.31. The van der Waals surface area contributed by atoms with E-state index >= 15 is 0 Å². The lowest BCUT2D eigenvalue weighted by Crippen LogP contribution is -2.40. The third-order valence-electron chi connectivity index (χ3n) is 3.73. The van der Waals surface area contributed by atoms with Crippen molar-refractivity contribution in [3.63, 3.8) is 0 Å². The molecule has 1 aliphatic carbocycles. The summed E-state index contributed by atoms with van der Waals surface area (Å²) in [6.45, 7) is 4.42. The minimum Gasteiger partial charge on any atom is -0.392 e. The van der Waals surface area contributed by atoms with Gasteiger partial charge in [0.15, 0.2) is 0 Å². The van der Waals surface area contributed by atoms with Crippen LogP contribution in [0, 0.1) is 5.92 Å². The van der Waals surface area contributed by atoms with E-state index in [-0.39, 0.29) is 6.10 Å². The van der Waals surface area contributed by atoms with Gasteiger partial charge in [0.2, 0.25) is 0 Å². The molecule has 1 saturated carbocycles. The van der Waals surface area contributed by atoms with Crippen LogP contribution < -0.4 is 0 Å². The van der Waals surface area contributed by atoms with Crippen molar-refractivity contribution in [3.05, 3.63) is 0 Å². The Morgan fingerprint density at radius 2 is 1.92 bits per heavy atom. The van der Waals surface area contributed by atoms with E-state index in [0.717, 1.165) is 31.5 Å². The van der Waals surface area contributed by atoms with Gasteiger partial charge in [-0.25, -0.2) is 0 Å². The van der Waals surface area contributed by atoms with Gasteiger partial charge >= 0.3 is 0 Å². The monoisotopic (exact) mass is 183 g/mol. The van der Waals surface area contributed by atoms with E-state index in [1.54, 1.807) is 0 Å². The number of hydrogen-bond acceptors (Lipinski definition) is 2. The van der Waals surface area contributed by atoms with Crippen molar-refractivity contribution < 1.29 is 5.11 Å². The number of aliphatic hydroxyl groups excluding tert-OH is 1. The molecule has 76 valence electrons. The van der Waals surface area contributed by atoms with Crippen molar-refractivity contribution in [2.24, 2.45) is 5.92 Å². The van der Waals surface area contributed by atoms with Crippen LogP contribution in [0.1, 0.15) is 39.0 Å². The van der Waals surface area contributed by atoms with Crippen molar-refractivity contribution in [3.8, 4) is 0 Å². The zero-order valence-electron chi connectivity index (χ0n) is 8.58. The Hall–Kier alpha value is -0.0800. The van der Waals surface area contributed by atoms with E-state index in [1.165, 1.54) is 25.7 Å². The highest BCUT2D eigenvalue weighted by molar-refractivity contribution is 4.86. The Balaban J connectivity index is 1.91. The van der Waals surface area contributed by atoms with Gasteiger partial charge in [-0.1, -0.05) is 19.8 Å². The van der Waals surface area contributed by atoms with Crippen LogP contribution in [-0.4, -0.2) is 35.2 Å². The highest BCUT2D eigenvalue weighted by atomic mass is 16.3. The fourth-order valence-corrected chi connectivity index (χ4v) is 2.91. The molecule has 0 aromatic heterocycles. The summed E-state index contributed by atoms with van der Waals surface area (Å²) in [5.41, 5.74) is 0. The number of rotatable bonds is 1. The second-order valence-corrected chi connectivity index (χ2v) is 4.77. The van der Waals surface area contributed by atoms with Gasteiger partial charge in [-0.05, 0) is 25.2 Å². The first-order chi connectivity index (χ1) is 6.27. The van der Waals surface area contributed by atoms with Crippen LogP contribution >= 0.6 is 0 Å². The third kappa shape index (κ3) is 2.05. The Bertz CT molecular complexity index is 171. The maximum atomic E-state index is 9.47. The molecule has 2 nitrogen and oxygen atoms in total. The molecule has 13 heavy (non-hydrogen) atoms. The van der Waals surface area contributed by atoms with Crippen LogP contribution in [0.3, 0.4) is 0 Å². The molecule has 2 aliphatic rings. The SMILES string of the molecule is CC1CCCCC1N1CC[C@@H](O)C1. The van der Waals surface area contributed by atoms with Crippen LogP contribution in [-0.2, 0) is 0 Å². The Kier molecular flexibility index (Phi) is 2.89. The third-order valence-corrected chi connectivity index (χ3v) is 3.73. The van der Waals surface area contributed by atoms with E-state index in [9.17, 15) is 5.11 Å². The molecule has 1 heterocycles. The number of nitrogens with zero attached hydrogens (tertiary/aromatic N) is 1. The number of hydrogen-bond donors (Lipinski definition) is 1. The van der Waals surface area contributed by atoms with Crippen LogP contribution in [0.2, 0.25) is 0 Å². The largest absolute Gasteiger partial charge is 0.392 e. The Morgan fingerprint density at radius 1 is 1.15 bits per heavy atom. The standard InChI is InChI=1S/C11H21NO/c1-9-4-2-3-5-11(9)12-7-6-10(13)8-12/h9-11,13H,2-8H2,1H3/t9?,10-,11?/m1/s1. The summed E-state index contributed by atoms with van der Waals surface area (Å²) < 4.78 is 0. The highest BCUT2D eigenvalue weighted by Crippen LogP contribution is 2.30. The molecule has 2 heteroatoms. The zero-order valence-corrected chi connectivity index (χ0v) is 8.58. The molecule has 0 aromatic rings. The number of likely N-dealkylation sites (tertiary alicyclic amines) is 1. The summed E-state index contributed by atoms with van der Waals surface area (Å²) in [6, 6.07) is 0.769. The topological polar surface area (TPSA) is 23.5 Å². The summed E-state index contributed by atoms with van der Waals surface area (Å²) in [7, 11) is 0. The minimum absolute atomic E-state index is 0.0471. The van der Waals surface area contributed by atoms with Gasteiger partial charge in [0.25, 0.3) is 0 Å². The lowest BCUT2D eigenvalue weighted by atomic mass is 9.85. The van der Waals surface area contributed by atoms with Crippen molar-refractivity contribution in [1.29, 1.82) is 0 Å². The van der Waals surface area contributed by atoms with E-state index in [1.807, 2.05) is 0 Å². The van der Waals surface area contributed by atoms with E-state index in [4.69, 9.17) is 0 Å². The smallest absolute Gasteiger partial charge is 0.0679 e. The van der Waals surface area contributed by atoms with Crippen LogP contribution in [0.5, 0.6) is 0 Å². The predicted octanol–water partition coefficient (Wildman–Crippen LogP) is 1.63. The lowest BCUT2D eigenvalue weighted by Gasteiger charge is -2.36. The van der Waals surface area contributed by atoms with Gasteiger partial charge in [-0.2, -0.15) is 0 Å². The summed E-state index contributed by atoms with van der Waals surface area (Å²) in [6.07, 6.45) is 6.48. The molecule has 3 atom stereocenters. The Labute approximate surface area is 80.9 Å². The maximum absolute atomic E-state index is 9.47. The van der Waals surface area contributed by atoms with Crippen molar-refractivity contribution >= 4 is 0 Å². The molecule has 0 radical (unpaired) electrons. The fraction of sp³-hybridized carbons (Fsp3) is 1.00. The minimum atomic E-state index is -0.0471. The molecule has 2 rings (SSSR count). The molecule has 1 saturated heterocycles. The maximum Gasteiger partial charge on any atom is 0.0679 e. The van der Waals surface area contributed by atoms with E-state index in [2.05, 4.69) is 11.8 Å². The van der Waals surface area contributed by atoms with Crippen LogP contribution in [0.25, 0.3) is 0 Å². The molecule has 2 unspecified atom stereocenters. The molecule has 1 N–H and O–H groups in total. The second-order valence-electron chi connectivity index (χ2n) is 4.77. The predicted molar refractivity (Wildman–Crippen MR) is 53.6 cm³/mol. The summed E-state index contributed by atoms with van der Waals surface area (Å²) in [5, 5.41) is 9.47. The first kappa shape index (κ1) is 9.47. The number of aliphatic hydroxyl groups is 1. The fourth-order valence-electron chi connectivity index (χ4n) is 2.91. The van der Waals surface area contributed by atoms with Crippen molar-refractivity contribution in [2.75, 3.05) is 13.1 Å². The lowest BCUT2D eigenvalue weighted by molar-refractivity contribution is 0.112. The van der Waals surface area contributed by atoms with Gasteiger partial charge in [0, 0.05) is 19.1 Å². The molecule has 0 spiro atoms. The van der Waals surface area contributed by atoms with E-state index in [0.29, 0.717) is 0 Å². The quantitative estimate of drug-likeness (QED) is 0.668. The molecule has 2 fully saturated rings. The van der Waals surface area contributed by atoms with Gasteiger partial charge in [-0.3, -0.25) is 4.90 Å². The van der Waals surface area contributed by atoms with Crippen molar-refractivity contribution in [2.45, 2.75) is 51.2 Å². The molecule has 1 aliphatic heterocycles. The van der Waals surface area contributed by atoms with Crippen molar-refractivity contribution in [1.82, 2.24) is 4.90 Å². The Morgan fingerprint density at radius 3 is 2.54 bits per heavy atom. The van der Waals surface area contributed by atoms with Crippen LogP contribution in [0.4, 0.5) is 0 Å². The zero-order chi connectivity index (χ0) is 9.26. The first-order valence-corrected chi connectivity index (χ1v) is 5.69.